The lowest BCUT2D eigenvalue weighted by Crippen LogP contribution is -2.33. The Morgan fingerprint density at radius 2 is 2.11 bits per heavy atom. The molecule has 0 amide bonds. The van der Waals surface area contributed by atoms with Crippen LogP contribution in [0.3, 0.4) is 0 Å². The van der Waals surface area contributed by atoms with Gasteiger partial charge in [0.1, 0.15) is 12.3 Å². The van der Waals surface area contributed by atoms with Crippen LogP contribution >= 0.6 is 0 Å². The Kier molecular flexibility index (Phi) is 5.98. The number of esters is 1. The lowest BCUT2D eigenvalue weighted by Gasteiger charge is -2.07. The van der Waals surface area contributed by atoms with Crippen LogP contribution in [0.5, 0.6) is 5.75 Å². The molecule has 1 N–H and O–H groups in total. The molecule has 6 heteroatoms. The summed E-state index contributed by atoms with van der Waals surface area (Å²) in [7, 11) is -3.39. The van der Waals surface area contributed by atoms with Crippen molar-refractivity contribution in [2.45, 2.75) is 26.7 Å². The third kappa shape index (κ3) is 6.35. The molecule has 1 aromatic rings. The SMILES string of the molecule is CCCCS(=O)(=O)NCC(=O)Oc1cccc(C)c1. The van der Waals surface area contributed by atoms with Crippen molar-refractivity contribution in [3.8, 4) is 5.75 Å². The number of aryl methyl sites for hydroxylation is 1. The van der Waals surface area contributed by atoms with Gasteiger partial charge in [-0.15, -0.1) is 0 Å². The van der Waals surface area contributed by atoms with E-state index in [0.717, 1.165) is 12.0 Å². The number of sulfonamides is 1. The van der Waals surface area contributed by atoms with Gasteiger partial charge in [0.15, 0.2) is 0 Å². The maximum absolute atomic E-state index is 11.5. The average molecular weight is 285 g/mol. The van der Waals surface area contributed by atoms with Crippen molar-refractivity contribution < 1.29 is 17.9 Å². The summed E-state index contributed by atoms with van der Waals surface area (Å²) in [4.78, 5) is 11.5. The molecule has 0 heterocycles. The van der Waals surface area contributed by atoms with E-state index < -0.39 is 16.0 Å². The zero-order valence-electron chi connectivity index (χ0n) is 11.2. The molecule has 0 fully saturated rings. The summed E-state index contributed by atoms with van der Waals surface area (Å²) in [5, 5.41) is 0. The fourth-order valence-electron chi connectivity index (χ4n) is 1.42. The van der Waals surface area contributed by atoms with Crippen LogP contribution in [0.15, 0.2) is 24.3 Å². The molecule has 0 aliphatic heterocycles. The summed E-state index contributed by atoms with van der Waals surface area (Å²) >= 11 is 0. The predicted molar refractivity (Wildman–Crippen MR) is 73.5 cm³/mol. The smallest absolute Gasteiger partial charge is 0.326 e. The number of ether oxygens (including phenoxy) is 1. The number of carbonyl (C=O) groups excluding carboxylic acids is 1. The van der Waals surface area contributed by atoms with Crippen molar-refractivity contribution >= 4 is 16.0 Å². The van der Waals surface area contributed by atoms with E-state index in [-0.39, 0.29) is 12.3 Å². The zero-order chi connectivity index (χ0) is 14.3. The number of benzene rings is 1. The van der Waals surface area contributed by atoms with Crippen LogP contribution in [0.25, 0.3) is 0 Å². The molecule has 0 aromatic heterocycles. The normalized spacial score (nSPS) is 11.3. The molecule has 106 valence electrons. The highest BCUT2D eigenvalue weighted by Crippen LogP contribution is 2.12. The highest BCUT2D eigenvalue weighted by Gasteiger charge is 2.12. The third-order valence-corrected chi connectivity index (χ3v) is 3.83. The fourth-order valence-corrected chi connectivity index (χ4v) is 2.57. The topological polar surface area (TPSA) is 72.5 Å². The van der Waals surface area contributed by atoms with Crippen LogP contribution in [-0.4, -0.2) is 26.7 Å². The lowest BCUT2D eigenvalue weighted by atomic mass is 10.2. The number of rotatable bonds is 7. The number of hydrogen-bond acceptors (Lipinski definition) is 4. The number of hydrogen-bond donors (Lipinski definition) is 1. The molecule has 0 saturated heterocycles. The predicted octanol–water partition coefficient (Wildman–Crippen LogP) is 1.62. The van der Waals surface area contributed by atoms with Crippen molar-refractivity contribution in [2.24, 2.45) is 0 Å². The van der Waals surface area contributed by atoms with E-state index in [9.17, 15) is 13.2 Å². The van der Waals surface area contributed by atoms with Gasteiger partial charge < -0.3 is 4.74 Å². The first-order valence-corrected chi connectivity index (χ1v) is 7.83. The van der Waals surface area contributed by atoms with Crippen LogP contribution in [0.1, 0.15) is 25.3 Å². The molecule has 1 rings (SSSR count). The maximum atomic E-state index is 11.5. The van der Waals surface area contributed by atoms with E-state index in [2.05, 4.69) is 4.72 Å². The summed E-state index contributed by atoms with van der Waals surface area (Å²) in [5.41, 5.74) is 0.967. The van der Waals surface area contributed by atoms with Gasteiger partial charge in [-0.2, -0.15) is 0 Å². The Morgan fingerprint density at radius 3 is 2.74 bits per heavy atom. The van der Waals surface area contributed by atoms with Crippen molar-refractivity contribution in [2.75, 3.05) is 12.3 Å². The van der Waals surface area contributed by atoms with Crippen LogP contribution < -0.4 is 9.46 Å². The Hall–Kier alpha value is -1.40. The van der Waals surface area contributed by atoms with Crippen molar-refractivity contribution in [3.63, 3.8) is 0 Å². The molecule has 0 aliphatic carbocycles. The maximum Gasteiger partial charge on any atom is 0.326 e. The van der Waals surface area contributed by atoms with E-state index in [1.165, 1.54) is 0 Å². The fraction of sp³-hybridized carbons (Fsp3) is 0.462. The van der Waals surface area contributed by atoms with Gasteiger partial charge in [0.25, 0.3) is 0 Å². The van der Waals surface area contributed by atoms with Crippen LogP contribution in [0.2, 0.25) is 0 Å². The first kappa shape index (κ1) is 15.7. The molecule has 0 radical (unpaired) electrons. The molecule has 0 bridgehead atoms. The molecule has 0 saturated carbocycles. The van der Waals surface area contributed by atoms with Crippen LogP contribution in [0.4, 0.5) is 0 Å². The Balaban J connectivity index is 2.44. The second kappa shape index (κ2) is 7.25. The number of carbonyl (C=O) groups is 1. The summed E-state index contributed by atoms with van der Waals surface area (Å²) < 4.78 is 30.2. The van der Waals surface area contributed by atoms with Gasteiger partial charge >= 0.3 is 5.97 Å². The molecule has 0 atom stereocenters. The van der Waals surface area contributed by atoms with Crippen molar-refractivity contribution in [1.29, 1.82) is 0 Å². The van der Waals surface area contributed by atoms with Gasteiger partial charge in [0.05, 0.1) is 5.75 Å². The number of unbranched alkanes of at least 4 members (excludes halogenated alkanes) is 1. The van der Waals surface area contributed by atoms with E-state index >= 15 is 0 Å². The van der Waals surface area contributed by atoms with Crippen LogP contribution in [-0.2, 0) is 14.8 Å². The highest BCUT2D eigenvalue weighted by molar-refractivity contribution is 7.89. The first-order valence-electron chi connectivity index (χ1n) is 6.17. The van der Waals surface area contributed by atoms with Gasteiger partial charge in [0, 0.05) is 0 Å². The van der Waals surface area contributed by atoms with E-state index in [1.807, 2.05) is 19.9 Å². The molecular formula is C13H19NO4S. The minimum atomic E-state index is -3.39. The standard InChI is InChI=1S/C13H19NO4S/c1-3-4-8-19(16,17)14-10-13(15)18-12-7-5-6-11(2)9-12/h5-7,9,14H,3-4,8,10H2,1-2H3. The van der Waals surface area contributed by atoms with Gasteiger partial charge in [0.2, 0.25) is 10.0 Å². The van der Waals surface area contributed by atoms with E-state index in [1.54, 1.807) is 18.2 Å². The second-order valence-electron chi connectivity index (χ2n) is 4.28. The molecule has 0 unspecified atom stereocenters. The van der Waals surface area contributed by atoms with Gasteiger partial charge in [-0.1, -0.05) is 25.5 Å². The summed E-state index contributed by atoms with van der Waals surface area (Å²) in [6.45, 7) is 3.44. The van der Waals surface area contributed by atoms with Crippen LogP contribution in [0, 0.1) is 6.92 Å². The average Bonchev–Trinajstić information content (AvgIpc) is 2.34. The molecule has 0 aliphatic rings. The van der Waals surface area contributed by atoms with E-state index in [0.29, 0.717) is 12.2 Å². The largest absolute Gasteiger partial charge is 0.426 e. The Morgan fingerprint density at radius 1 is 1.37 bits per heavy atom. The minimum absolute atomic E-state index is 0.0290. The second-order valence-corrected chi connectivity index (χ2v) is 6.21. The Bertz CT molecular complexity index is 525. The monoisotopic (exact) mass is 285 g/mol. The quantitative estimate of drug-likeness (QED) is 0.610. The third-order valence-electron chi connectivity index (χ3n) is 2.42. The molecule has 1 aromatic carbocycles. The highest BCUT2D eigenvalue weighted by atomic mass is 32.2. The summed E-state index contributed by atoms with van der Waals surface area (Å²) in [6, 6.07) is 7.01. The first-order chi connectivity index (χ1) is 8.93. The summed E-state index contributed by atoms with van der Waals surface area (Å²) in [5.74, 6) is -0.176. The van der Waals surface area contributed by atoms with Crippen molar-refractivity contribution in [1.82, 2.24) is 4.72 Å². The number of nitrogens with one attached hydrogen (secondary N) is 1. The molecule has 0 spiro atoms. The minimum Gasteiger partial charge on any atom is -0.426 e. The Labute approximate surface area is 114 Å². The molecule has 19 heavy (non-hydrogen) atoms. The lowest BCUT2D eigenvalue weighted by molar-refractivity contribution is -0.133. The van der Waals surface area contributed by atoms with Gasteiger partial charge in [-0.05, 0) is 31.0 Å². The molecular weight excluding hydrogens is 266 g/mol. The van der Waals surface area contributed by atoms with Gasteiger partial charge in [-0.25, -0.2) is 13.1 Å². The van der Waals surface area contributed by atoms with Crippen molar-refractivity contribution in [3.05, 3.63) is 29.8 Å². The zero-order valence-corrected chi connectivity index (χ0v) is 12.0. The summed E-state index contributed by atoms with van der Waals surface area (Å²) in [6.07, 6.45) is 1.36. The van der Waals surface area contributed by atoms with E-state index in [4.69, 9.17) is 4.74 Å². The van der Waals surface area contributed by atoms with Gasteiger partial charge in [-0.3, -0.25) is 4.79 Å². The molecule has 5 nitrogen and oxygen atoms in total.